The van der Waals surface area contributed by atoms with E-state index in [0.29, 0.717) is 32.2 Å². The third-order valence-electron chi connectivity index (χ3n) is 4.60. The molecular weight excluding hydrogens is 367 g/mol. The van der Waals surface area contributed by atoms with Crippen LogP contribution in [0.25, 0.3) is 0 Å². The van der Waals surface area contributed by atoms with Crippen LogP contribution < -0.4 is 10.6 Å². The standard InChI is InChI=1S/C22H38BN2O4/c1-4-7-8-9-10-11-12-16-20(26)25-19(22(28)29-6-3)15-13-14-17-24-21(27)18(23)5-2/h5,19H,2,4,6-17H2,1,3H3,(H,24,27)(H,25,26)/t19-/m0/s1. The van der Waals surface area contributed by atoms with Gasteiger partial charge in [0.15, 0.2) is 0 Å². The second-order valence-corrected chi connectivity index (χ2v) is 7.15. The van der Waals surface area contributed by atoms with Crippen molar-refractivity contribution in [1.82, 2.24) is 10.6 Å². The number of carbonyl (C=O) groups is 3. The Hall–Kier alpha value is -1.92. The predicted octanol–water partition coefficient (Wildman–Crippen LogP) is 2.99. The minimum atomic E-state index is -0.646. The second kappa shape index (κ2) is 18.1. The maximum absolute atomic E-state index is 12.2. The number of unbranched alkanes of at least 4 members (excludes halogenated alkanes) is 7. The maximum atomic E-state index is 12.2. The summed E-state index contributed by atoms with van der Waals surface area (Å²) in [6, 6.07) is -0.646. The van der Waals surface area contributed by atoms with Crippen LogP contribution in [0, 0.1) is 0 Å². The van der Waals surface area contributed by atoms with Gasteiger partial charge in [-0.2, -0.15) is 0 Å². The third kappa shape index (κ3) is 14.7. The van der Waals surface area contributed by atoms with Crippen molar-refractivity contribution < 1.29 is 19.1 Å². The van der Waals surface area contributed by atoms with Crippen molar-refractivity contribution in [2.45, 2.75) is 90.5 Å². The molecule has 0 unspecified atom stereocenters. The number of hydrogen-bond acceptors (Lipinski definition) is 4. The van der Waals surface area contributed by atoms with E-state index in [-0.39, 0.29) is 23.9 Å². The van der Waals surface area contributed by atoms with Crippen molar-refractivity contribution in [2.24, 2.45) is 0 Å². The predicted molar refractivity (Wildman–Crippen MR) is 119 cm³/mol. The quantitative estimate of drug-likeness (QED) is 0.209. The summed E-state index contributed by atoms with van der Waals surface area (Å²) in [5, 5.41) is 5.48. The molecule has 0 bridgehead atoms. The molecule has 0 aliphatic carbocycles. The van der Waals surface area contributed by atoms with E-state index in [1.54, 1.807) is 6.92 Å². The van der Waals surface area contributed by atoms with E-state index in [9.17, 15) is 14.4 Å². The van der Waals surface area contributed by atoms with Gasteiger partial charge >= 0.3 is 131 Å². The van der Waals surface area contributed by atoms with Gasteiger partial charge in [-0.1, -0.05) is 45.4 Å². The molecule has 29 heavy (non-hydrogen) atoms. The zero-order valence-electron chi connectivity index (χ0n) is 18.3. The molecule has 0 saturated carbocycles. The van der Waals surface area contributed by atoms with Gasteiger partial charge < -0.3 is 0 Å². The Labute approximate surface area is 177 Å². The Morgan fingerprint density at radius 3 is 2.28 bits per heavy atom. The van der Waals surface area contributed by atoms with Crippen LogP contribution in [0.4, 0.5) is 0 Å². The molecule has 2 amide bonds. The van der Waals surface area contributed by atoms with Gasteiger partial charge in [-0.3, -0.25) is 0 Å². The molecular formula is C22H38BN2O4. The normalized spacial score (nSPS) is 11.3. The molecule has 0 aromatic heterocycles. The zero-order chi connectivity index (χ0) is 21.9. The van der Waals surface area contributed by atoms with Crippen LogP contribution in [0.2, 0.25) is 0 Å². The van der Waals surface area contributed by atoms with Gasteiger partial charge in [-0.15, -0.1) is 0 Å². The van der Waals surface area contributed by atoms with E-state index in [4.69, 9.17) is 12.2 Å². The Bertz CT molecular complexity index is 523. The van der Waals surface area contributed by atoms with Crippen LogP contribution in [0.5, 0.6) is 0 Å². The number of amides is 2. The molecule has 0 aromatic rings. The fourth-order valence-corrected chi connectivity index (χ4v) is 2.87. The average molecular weight is 405 g/mol. The van der Waals surface area contributed by atoms with E-state index >= 15 is 0 Å². The number of nitrogens with one attached hydrogen (secondary N) is 2. The van der Waals surface area contributed by atoms with E-state index in [2.05, 4.69) is 24.1 Å². The van der Waals surface area contributed by atoms with E-state index in [0.717, 1.165) is 19.3 Å². The van der Waals surface area contributed by atoms with Gasteiger partial charge in [0.05, 0.1) is 0 Å². The van der Waals surface area contributed by atoms with Crippen LogP contribution in [0.1, 0.15) is 84.5 Å². The molecule has 1 atom stereocenters. The Morgan fingerprint density at radius 2 is 1.66 bits per heavy atom. The first kappa shape index (κ1) is 27.1. The third-order valence-corrected chi connectivity index (χ3v) is 4.60. The summed E-state index contributed by atoms with van der Waals surface area (Å²) in [5.41, 5.74) is 0.0760. The number of ether oxygens (including phenoxy) is 1. The summed E-state index contributed by atoms with van der Waals surface area (Å²) < 4.78 is 5.07. The molecule has 6 nitrogen and oxygen atoms in total. The van der Waals surface area contributed by atoms with Crippen LogP contribution in [-0.2, 0) is 19.1 Å². The molecule has 0 fully saturated rings. The molecule has 0 aliphatic rings. The molecule has 0 aromatic carbocycles. The topological polar surface area (TPSA) is 84.5 Å². The molecule has 7 heteroatoms. The first-order valence-electron chi connectivity index (χ1n) is 10.9. The average Bonchev–Trinajstić information content (AvgIpc) is 2.71. The summed E-state index contributed by atoms with van der Waals surface area (Å²) in [5.74, 6) is -0.878. The van der Waals surface area contributed by atoms with Crippen molar-refractivity contribution in [3.8, 4) is 0 Å². The molecule has 0 spiro atoms. The van der Waals surface area contributed by atoms with Gasteiger partial charge in [-0.25, -0.2) is 0 Å². The van der Waals surface area contributed by atoms with E-state index in [1.165, 1.54) is 31.8 Å². The second-order valence-electron chi connectivity index (χ2n) is 7.15. The number of carbonyl (C=O) groups excluding carboxylic acids is 3. The monoisotopic (exact) mass is 405 g/mol. The number of esters is 1. The minimum absolute atomic E-state index is 0.0760. The Morgan fingerprint density at radius 1 is 1.00 bits per heavy atom. The number of hydrogen-bond donors (Lipinski definition) is 2. The van der Waals surface area contributed by atoms with Crippen molar-refractivity contribution in [2.75, 3.05) is 13.2 Å². The zero-order valence-corrected chi connectivity index (χ0v) is 18.3. The summed E-state index contributed by atoms with van der Waals surface area (Å²) in [6.07, 6.45) is 11.5. The first-order chi connectivity index (χ1) is 14.0. The van der Waals surface area contributed by atoms with Crippen molar-refractivity contribution in [3.63, 3.8) is 0 Å². The first-order valence-corrected chi connectivity index (χ1v) is 10.9. The van der Waals surface area contributed by atoms with Crippen LogP contribution >= 0.6 is 0 Å². The Kier molecular flexibility index (Phi) is 16.9. The van der Waals surface area contributed by atoms with E-state index < -0.39 is 12.0 Å². The van der Waals surface area contributed by atoms with E-state index in [1.807, 2.05) is 0 Å². The van der Waals surface area contributed by atoms with Gasteiger partial charge in [0.1, 0.15) is 0 Å². The van der Waals surface area contributed by atoms with Crippen molar-refractivity contribution >= 4 is 30.7 Å². The molecule has 0 saturated heterocycles. The molecule has 163 valence electrons. The summed E-state index contributed by atoms with van der Waals surface area (Å²) in [6.45, 7) is 8.09. The SMILES string of the molecule is [B]=C(C=C)C(=O)NCCCC[C@H](NC(=O)CCCCCCCCC)C(=O)OCC. The molecule has 1 radical (unpaired) electrons. The van der Waals surface area contributed by atoms with Gasteiger partial charge in [0.25, 0.3) is 0 Å². The van der Waals surface area contributed by atoms with Gasteiger partial charge in [0, 0.05) is 0 Å². The van der Waals surface area contributed by atoms with Crippen molar-refractivity contribution in [3.05, 3.63) is 12.7 Å². The van der Waals surface area contributed by atoms with Gasteiger partial charge in [-0.05, 0) is 0 Å². The van der Waals surface area contributed by atoms with Crippen LogP contribution in [-0.4, -0.2) is 49.9 Å². The van der Waals surface area contributed by atoms with Crippen LogP contribution in [0.15, 0.2) is 12.7 Å². The molecule has 0 rings (SSSR count). The molecule has 2 N–H and O–H groups in total. The summed E-state index contributed by atoms with van der Waals surface area (Å²) >= 11 is 0. The summed E-state index contributed by atoms with van der Waals surface area (Å²) in [7, 11) is 5.47. The fourth-order valence-electron chi connectivity index (χ4n) is 2.87. The molecule has 0 heterocycles. The Balaban J connectivity index is 4.16. The molecule has 0 aliphatic heterocycles. The van der Waals surface area contributed by atoms with Gasteiger partial charge in [0.2, 0.25) is 0 Å². The summed E-state index contributed by atoms with van der Waals surface area (Å²) in [4.78, 5) is 35.8. The van der Waals surface area contributed by atoms with Crippen LogP contribution in [0.3, 0.4) is 0 Å². The number of rotatable bonds is 18. The van der Waals surface area contributed by atoms with Crippen molar-refractivity contribution in [1.29, 1.82) is 0 Å². The fraction of sp³-hybridized carbons (Fsp3) is 0.727.